The van der Waals surface area contributed by atoms with E-state index in [1.165, 1.54) is 17.3 Å². The maximum absolute atomic E-state index is 12.2. The molecule has 1 amide bonds. The quantitative estimate of drug-likeness (QED) is 0.620. The van der Waals surface area contributed by atoms with Crippen molar-refractivity contribution in [2.24, 2.45) is 0 Å². The number of hydrogen-bond donors (Lipinski definition) is 0. The third-order valence-electron chi connectivity index (χ3n) is 3.01. The van der Waals surface area contributed by atoms with Crippen LogP contribution in [0, 0.1) is 0 Å². The van der Waals surface area contributed by atoms with Crippen molar-refractivity contribution in [3.8, 4) is 0 Å². The van der Waals surface area contributed by atoms with Gasteiger partial charge in [0.25, 0.3) is 5.91 Å². The Kier molecular flexibility index (Phi) is 4.77. The molecule has 0 aromatic heterocycles. The molecule has 1 aromatic carbocycles. The first kappa shape index (κ1) is 14.3. The zero-order chi connectivity index (χ0) is 13.8. The average Bonchev–Trinajstić information content (AvgIpc) is 2.68. The molecule has 0 bridgehead atoms. The highest BCUT2D eigenvalue weighted by Gasteiger charge is 2.30. The van der Waals surface area contributed by atoms with E-state index in [0.29, 0.717) is 10.9 Å². The van der Waals surface area contributed by atoms with Gasteiger partial charge < -0.3 is 0 Å². The van der Waals surface area contributed by atoms with Crippen molar-refractivity contribution in [2.45, 2.75) is 26.7 Å². The summed E-state index contributed by atoms with van der Waals surface area (Å²) in [6.45, 7) is 4.88. The third kappa shape index (κ3) is 3.25. The molecular weight excluding hydrogens is 274 g/mol. The molecule has 1 aliphatic heterocycles. The fourth-order valence-corrected chi connectivity index (χ4v) is 3.23. The van der Waals surface area contributed by atoms with Crippen LogP contribution in [0.3, 0.4) is 0 Å². The summed E-state index contributed by atoms with van der Waals surface area (Å²) in [7, 11) is 0. The van der Waals surface area contributed by atoms with E-state index in [9.17, 15) is 4.79 Å². The van der Waals surface area contributed by atoms with Crippen LogP contribution in [0.1, 0.15) is 31.4 Å². The maximum Gasteiger partial charge on any atom is 0.266 e. The summed E-state index contributed by atoms with van der Waals surface area (Å²) in [5, 5.41) is 0. The van der Waals surface area contributed by atoms with Crippen molar-refractivity contribution in [1.29, 1.82) is 0 Å². The highest BCUT2D eigenvalue weighted by atomic mass is 32.2. The summed E-state index contributed by atoms with van der Waals surface area (Å²) < 4.78 is 0.670. The minimum absolute atomic E-state index is 0.0384. The van der Waals surface area contributed by atoms with Gasteiger partial charge in [-0.3, -0.25) is 9.69 Å². The van der Waals surface area contributed by atoms with Crippen LogP contribution in [0.4, 0.5) is 0 Å². The minimum Gasteiger partial charge on any atom is -0.293 e. The monoisotopic (exact) mass is 291 g/mol. The topological polar surface area (TPSA) is 20.3 Å². The first-order valence-corrected chi connectivity index (χ1v) is 7.72. The molecule has 0 aliphatic carbocycles. The van der Waals surface area contributed by atoms with E-state index in [2.05, 4.69) is 19.1 Å². The van der Waals surface area contributed by atoms with E-state index in [4.69, 9.17) is 12.2 Å². The molecule has 0 saturated carbocycles. The molecule has 0 radical (unpaired) electrons. The van der Waals surface area contributed by atoms with Crippen LogP contribution in [-0.2, 0) is 11.2 Å². The predicted octanol–water partition coefficient (Wildman–Crippen LogP) is 3.86. The normalized spacial score (nSPS) is 17.6. The van der Waals surface area contributed by atoms with E-state index < -0.39 is 0 Å². The standard InChI is InChI=1S/C15H17NOS2/c1-3-9-16-14(17)13(19-15(16)18)10-12-7-5-11(4-2)6-8-12/h5-8,10H,3-4,9H2,1-2H3/b13-10+. The van der Waals surface area contributed by atoms with Crippen molar-refractivity contribution in [2.75, 3.05) is 6.54 Å². The molecule has 2 rings (SSSR count). The maximum atomic E-state index is 12.2. The SMILES string of the molecule is CCCN1C(=O)/C(=C\c2ccc(CC)cc2)SC1=S. The molecule has 0 spiro atoms. The number of rotatable bonds is 4. The lowest BCUT2D eigenvalue weighted by molar-refractivity contribution is -0.122. The van der Waals surface area contributed by atoms with Crippen LogP contribution in [-0.4, -0.2) is 21.7 Å². The molecule has 0 unspecified atom stereocenters. The number of aryl methyl sites for hydroxylation is 1. The molecule has 1 heterocycles. The van der Waals surface area contributed by atoms with Crippen LogP contribution in [0.25, 0.3) is 6.08 Å². The van der Waals surface area contributed by atoms with Crippen LogP contribution in [0.5, 0.6) is 0 Å². The highest BCUT2D eigenvalue weighted by Crippen LogP contribution is 2.32. The van der Waals surface area contributed by atoms with Gasteiger partial charge in [0.05, 0.1) is 4.91 Å². The zero-order valence-electron chi connectivity index (χ0n) is 11.2. The summed E-state index contributed by atoms with van der Waals surface area (Å²) >= 11 is 6.64. The summed E-state index contributed by atoms with van der Waals surface area (Å²) in [6, 6.07) is 8.29. The van der Waals surface area contributed by atoms with E-state index in [1.54, 1.807) is 4.90 Å². The average molecular weight is 291 g/mol. The largest absolute Gasteiger partial charge is 0.293 e. The Hall–Kier alpha value is -1.13. The van der Waals surface area contributed by atoms with Gasteiger partial charge in [0.2, 0.25) is 0 Å². The van der Waals surface area contributed by atoms with Gasteiger partial charge in [0, 0.05) is 6.54 Å². The Bertz CT molecular complexity index is 519. The lowest BCUT2D eigenvalue weighted by atomic mass is 10.1. The summed E-state index contributed by atoms with van der Waals surface area (Å²) in [5.41, 5.74) is 2.35. The summed E-state index contributed by atoms with van der Waals surface area (Å²) in [5.74, 6) is 0.0384. The second-order valence-corrected chi connectivity index (χ2v) is 6.10. The van der Waals surface area contributed by atoms with Gasteiger partial charge in [-0.2, -0.15) is 0 Å². The number of hydrogen-bond acceptors (Lipinski definition) is 3. The number of carbonyl (C=O) groups excluding carboxylic acids is 1. The Balaban J connectivity index is 2.19. The first-order valence-electron chi connectivity index (χ1n) is 6.50. The molecule has 1 aromatic rings. The van der Waals surface area contributed by atoms with Crippen molar-refractivity contribution in [3.63, 3.8) is 0 Å². The second kappa shape index (κ2) is 6.35. The van der Waals surface area contributed by atoms with Crippen molar-refractivity contribution in [3.05, 3.63) is 40.3 Å². The van der Waals surface area contributed by atoms with E-state index in [0.717, 1.165) is 23.3 Å². The van der Waals surface area contributed by atoms with E-state index >= 15 is 0 Å². The van der Waals surface area contributed by atoms with Gasteiger partial charge >= 0.3 is 0 Å². The number of thioether (sulfide) groups is 1. The summed E-state index contributed by atoms with van der Waals surface area (Å²) in [4.78, 5) is 14.6. The van der Waals surface area contributed by atoms with Crippen molar-refractivity contribution in [1.82, 2.24) is 4.90 Å². The van der Waals surface area contributed by atoms with Gasteiger partial charge in [-0.15, -0.1) is 0 Å². The van der Waals surface area contributed by atoms with Crippen molar-refractivity contribution < 1.29 is 4.79 Å². The summed E-state index contributed by atoms with van der Waals surface area (Å²) in [6.07, 6.45) is 3.87. The Morgan fingerprint density at radius 2 is 1.95 bits per heavy atom. The fraction of sp³-hybridized carbons (Fsp3) is 0.333. The minimum atomic E-state index is 0.0384. The number of carbonyl (C=O) groups is 1. The number of nitrogens with zero attached hydrogens (tertiary/aromatic N) is 1. The Morgan fingerprint density at radius 3 is 2.53 bits per heavy atom. The van der Waals surface area contributed by atoms with Crippen LogP contribution in [0.15, 0.2) is 29.2 Å². The van der Waals surface area contributed by atoms with Crippen molar-refractivity contribution >= 4 is 40.3 Å². The number of thiocarbonyl (C=S) groups is 1. The van der Waals surface area contributed by atoms with E-state index in [-0.39, 0.29) is 5.91 Å². The van der Waals surface area contributed by atoms with Gasteiger partial charge in [-0.25, -0.2) is 0 Å². The second-order valence-electron chi connectivity index (χ2n) is 4.43. The van der Waals surface area contributed by atoms with Crippen LogP contribution in [0.2, 0.25) is 0 Å². The lowest BCUT2D eigenvalue weighted by Crippen LogP contribution is -2.28. The van der Waals surface area contributed by atoms with Gasteiger partial charge in [-0.1, -0.05) is 62.1 Å². The third-order valence-corrected chi connectivity index (χ3v) is 4.38. The lowest BCUT2D eigenvalue weighted by Gasteiger charge is -2.11. The molecule has 1 saturated heterocycles. The molecule has 19 heavy (non-hydrogen) atoms. The van der Waals surface area contributed by atoms with Crippen LogP contribution < -0.4 is 0 Å². The molecular formula is C15H17NOS2. The predicted molar refractivity (Wildman–Crippen MR) is 86.0 cm³/mol. The first-order chi connectivity index (χ1) is 9.15. The van der Waals surface area contributed by atoms with Gasteiger partial charge in [-0.05, 0) is 30.0 Å². The molecule has 0 N–H and O–H groups in total. The van der Waals surface area contributed by atoms with Crippen LogP contribution >= 0.6 is 24.0 Å². The smallest absolute Gasteiger partial charge is 0.266 e. The van der Waals surface area contributed by atoms with Gasteiger partial charge in [0.15, 0.2) is 0 Å². The molecule has 2 nitrogen and oxygen atoms in total. The molecule has 100 valence electrons. The molecule has 1 aliphatic rings. The highest BCUT2D eigenvalue weighted by molar-refractivity contribution is 8.26. The Labute approximate surface area is 123 Å². The number of benzene rings is 1. The molecule has 1 fully saturated rings. The van der Waals surface area contributed by atoms with E-state index in [1.807, 2.05) is 25.1 Å². The Morgan fingerprint density at radius 1 is 1.26 bits per heavy atom. The zero-order valence-corrected chi connectivity index (χ0v) is 12.8. The fourth-order valence-electron chi connectivity index (χ4n) is 1.92. The molecule has 0 atom stereocenters. The number of amides is 1. The van der Waals surface area contributed by atoms with Gasteiger partial charge in [0.1, 0.15) is 4.32 Å². The molecule has 4 heteroatoms.